The van der Waals surface area contributed by atoms with Gasteiger partial charge in [0.05, 0.1) is 13.2 Å². The van der Waals surface area contributed by atoms with Gasteiger partial charge in [-0.05, 0) is 12.0 Å². The molecule has 0 heterocycles. The van der Waals surface area contributed by atoms with Crippen molar-refractivity contribution >= 4 is 11.9 Å². The van der Waals surface area contributed by atoms with E-state index in [0.717, 1.165) is 5.56 Å². The summed E-state index contributed by atoms with van der Waals surface area (Å²) < 4.78 is 4.85. The van der Waals surface area contributed by atoms with Gasteiger partial charge in [0.2, 0.25) is 5.91 Å². The van der Waals surface area contributed by atoms with Gasteiger partial charge in [-0.1, -0.05) is 30.3 Å². The van der Waals surface area contributed by atoms with E-state index in [1.165, 1.54) is 14.0 Å². The number of amides is 1. The summed E-state index contributed by atoms with van der Waals surface area (Å²) >= 11 is 0. The van der Waals surface area contributed by atoms with Gasteiger partial charge < -0.3 is 10.1 Å². The zero-order chi connectivity index (χ0) is 12.5. The van der Waals surface area contributed by atoms with Crippen LogP contribution in [0.1, 0.15) is 18.9 Å². The highest BCUT2D eigenvalue weighted by Gasteiger charge is 2.62. The van der Waals surface area contributed by atoms with Gasteiger partial charge in [0.25, 0.3) is 0 Å². The number of nitrogens with one attached hydrogen (secondary N) is 1. The monoisotopic (exact) mass is 233 g/mol. The topological polar surface area (TPSA) is 55.4 Å². The summed E-state index contributed by atoms with van der Waals surface area (Å²) in [7, 11) is 1.37. The molecule has 1 aliphatic rings. The molecule has 4 heteroatoms. The number of carbonyl (C=O) groups is 2. The number of methoxy groups -OCH3 is 1. The van der Waals surface area contributed by atoms with Crippen LogP contribution in [0.5, 0.6) is 0 Å². The van der Waals surface area contributed by atoms with Crippen molar-refractivity contribution < 1.29 is 14.3 Å². The van der Waals surface area contributed by atoms with Gasteiger partial charge in [-0.25, -0.2) is 0 Å². The van der Waals surface area contributed by atoms with E-state index in [-0.39, 0.29) is 17.9 Å². The Morgan fingerprint density at radius 1 is 1.35 bits per heavy atom. The summed E-state index contributed by atoms with van der Waals surface area (Å²) in [6, 6.07) is 9.27. The zero-order valence-electron chi connectivity index (χ0n) is 9.90. The second-order valence-electron chi connectivity index (χ2n) is 4.29. The lowest BCUT2D eigenvalue weighted by atomic mass is 9.95. The van der Waals surface area contributed by atoms with Gasteiger partial charge in [-0.15, -0.1) is 0 Å². The first kappa shape index (κ1) is 11.6. The van der Waals surface area contributed by atoms with Crippen LogP contribution in [0, 0.1) is 0 Å². The highest BCUT2D eigenvalue weighted by molar-refractivity contribution is 5.90. The summed E-state index contributed by atoms with van der Waals surface area (Å²) in [5.41, 5.74) is 0.201. The van der Waals surface area contributed by atoms with Gasteiger partial charge in [0.15, 0.2) is 0 Å². The molecule has 1 fully saturated rings. The lowest BCUT2D eigenvalue weighted by Crippen LogP contribution is -2.34. The van der Waals surface area contributed by atoms with E-state index >= 15 is 0 Å². The fourth-order valence-electron chi connectivity index (χ4n) is 2.26. The van der Waals surface area contributed by atoms with Crippen LogP contribution in [0.15, 0.2) is 30.3 Å². The number of hydrogen-bond donors (Lipinski definition) is 1. The molecule has 1 amide bonds. The van der Waals surface area contributed by atoms with Crippen LogP contribution in [0.25, 0.3) is 0 Å². The molecule has 2 atom stereocenters. The highest BCUT2D eigenvalue weighted by atomic mass is 16.5. The second-order valence-corrected chi connectivity index (χ2v) is 4.29. The molecule has 0 unspecified atom stereocenters. The van der Waals surface area contributed by atoms with Crippen molar-refractivity contribution in [2.75, 3.05) is 7.11 Å². The van der Waals surface area contributed by atoms with Gasteiger partial charge >= 0.3 is 5.97 Å². The summed E-state index contributed by atoms with van der Waals surface area (Å²) in [5, 5.41) is 2.78. The fourth-order valence-corrected chi connectivity index (χ4v) is 2.26. The molecule has 0 aliphatic heterocycles. The number of esters is 1. The minimum absolute atomic E-state index is 0.128. The Bertz CT molecular complexity index is 443. The van der Waals surface area contributed by atoms with Crippen LogP contribution < -0.4 is 5.32 Å². The molecule has 1 N–H and O–H groups in total. The summed E-state index contributed by atoms with van der Waals surface area (Å²) in [6.45, 7) is 1.45. The van der Waals surface area contributed by atoms with Gasteiger partial charge in [0, 0.05) is 6.92 Å². The fraction of sp³-hybridized carbons (Fsp3) is 0.385. The average molecular weight is 233 g/mol. The molecule has 0 radical (unpaired) electrons. The number of benzene rings is 1. The van der Waals surface area contributed by atoms with Gasteiger partial charge in [0.1, 0.15) is 5.41 Å². The number of rotatable bonds is 3. The first-order valence-electron chi connectivity index (χ1n) is 5.52. The lowest BCUT2D eigenvalue weighted by Gasteiger charge is -2.15. The molecule has 0 bridgehead atoms. The predicted molar refractivity (Wildman–Crippen MR) is 62.4 cm³/mol. The molecule has 1 saturated carbocycles. The quantitative estimate of drug-likeness (QED) is 0.793. The Morgan fingerprint density at radius 3 is 2.53 bits per heavy atom. The van der Waals surface area contributed by atoms with Crippen molar-refractivity contribution in [3.63, 3.8) is 0 Å². The van der Waals surface area contributed by atoms with Crippen LogP contribution in [0.4, 0.5) is 0 Å². The van der Waals surface area contributed by atoms with Crippen molar-refractivity contribution in [3.05, 3.63) is 35.9 Å². The second kappa shape index (κ2) is 4.20. The Labute approximate surface area is 100.0 Å². The maximum atomic E-state index is 11.9. The Balaban J connectivity index is 2.29. The molecular formula is C13H15NO3. The van der Waals surface area contributed by atoms with Crippen molar-refractivity contribution in [2.45, 2.75) is 24.8 Å². The Kier molecular flexibility index (Phi) is 2.88. The normalized spacial score (nSPS) is 26.1. The number of hydrogen-bond acceptors (Lipinski definition) is 3. The van der Waals surface area contributed by atoms with Crippen molar-refractivity contribution in [1.29, 1.82) is 0 Å². The van der Waals surface area contributed by atoms with E-state index in [1.807, 2.05) is 30.3 Å². The van der Waals surface area contributed by atoms with Crippen LogP contribution >= 0.6 is 0 Å². The molecule has 4 nitrogen and oxygen atoms in total. The molecule has 17 heavy (non-hydrogen) atoms. The standard InChI is InChI=1S/C13H15NO3/c1-9(15)14-11-8-13(11,12(16)17-2)10-6-4-3-5-7-10/h3-7,11H,8H2,1-2H3,(H,14,15)/t11-,13+/m0/s1. The van der Waals surface area contributed by atoms with E-state index < -0.39 is 5.41 Å². The van der Waals surface area contributed by atoms with E-state index in [4.69, 9.17) is 4.74 Å². The molecule has 2 rings (SSSR count). The number of ether oxygens (including phenoxy) is 1. The third-order valence-corrected chi connectivity index (χ3v) is 3.18. The largest absolute Gasteiger partial charge is 0.468 e. The van der Waals surface area contributed by atoms with Crippen LogP contribution in [0.2, 0.25) is 0 Å². The molecule has 0 aromatic heterocycles. The van der Waals surface area contributed by atoms with E-state index in [1.54, 1.807) is 0 Å². The summed E-state index contributed by atoms with van der Waals surface area (Å²) in [4.78, 5) is 23.0. The third kappa shape index (κ3) is 1.90. The zero-order valence-corrected chi connectivity index (χ0v) is 9.90. The smallest absolute Gasteiger partial charge is 0.318 e. The molecular weight excluding hydrogens is 218 g/mol. The maximum absolute atomic E-state index is 11.9. The van der Waals surface area contributed by atoms with Crippen molar-refractivity contribution in [1.82, 2.24) is 5.32 Å². The van der Waals surface area contributed by atoms with Crippen LogP contribution in [-0.4, -0.2) is 25.0 Å². The van der Waals surface area contributed by atoms with E-state index in [0.29, 0.717) is 6.42 Å². The molecule has 0 spiro atoms. The third-order valence-electron chi connectivity index (χ3n) is 3.18. The average Bonchev–Trinajstić information content (AvgIpc) is 3.03. The maximum Gasteiger partial charge on any atom is 0.318 e. The van der Waals surface area contributed by atoms with E-state index in [9.17, 15) is 9.59 Å². The predicted octanol–water partition coefficient (Wildman–Crippen LogP) is 1.01. The molecule has 1 aromatic carbocycles. The SMILES string of the molecule is COC(=O)[C@@]1(c2ccccc2)C[C@@H]1NC(C)=O. The van der Waals surface area contributed by atoms with Crippen molar-refractivity contribution in [3.8, 4) is 0 Å². The Hall–Kier alpha value is -1.84. The van der Waals surface area contributed by atoms with Crippen LogP contribution in [0.3, 0.4) is 0 Å². The highest BCUT2D eigenvalue weighted by Crippen LogP contribution is 2.49. The number of carbonyl (C=O) groups excluding carboxylic acids is 2. The first-order valence-corrected chi connectivity index (χ1v) is 5.52. The lowest BCUT2D eigenvalue weighted by molar-refractivity contribution is -0.143. The summed E-state index contributed by atoms with van der Waals surface area (Å²) in [5.74, 6) is -0.417. The molecule has 1 aliphatic carbocycles. The van der Waals surface area contributed by atoms with Gasteiger partial charge in [-0.2, -0.15) is 0 Å². The van der Waals surface area contributed by atoms with Crippen molar-refractivity contribution in [2.24, 2.45) is 0 Å². The Morgan fingerprint density at radius 2 is 2.00 bits per heavy atom. The minimum atomic E-state index is -0.693. The summed E-state index contributed by atoms with van der Waals surface area (Å²) in [6.07, 6.45) is 0.600. The molecule has 0 saturated heterocycles. The van der Waals surface area contributed by atoms with Gasteiger partial charge in [-0.3, -0.25) is 9.59 Å². The minimum Gasteiger partial charge on any atom is -0.468 e. The first-order chi connectivity index (χ1) is 8.11. The molecule has 1 aromatic rings. The molecule has 90 valence electrons. The van der Waals surface area contributed by atoms with E-state index in [2.05, 4.69) is 5.32 Å². The van der Waals surface area contributed by atoms with Crippen LogP contribution in [-0.2, 0) is 19.7 Å².